The summed E-state index contributed by atoms with van der Waals surface area (Å²) in [4.78, 5) is 16.2. The third-order valence-electron chi connectivity index (χ3n) is 5.85. The number of benzene rings is 1. The van der Waals surface area contributed by atoms with E-state index < -0.39 is 0 Å². The Morgan fingerprint density at radius 2 is 1.92 bits per heavy atom. The lowest BCUT2D eigenvalue weighted by molar-refractivity contribution is -0.112. The molecule has 0 spiro atoms. The van der Waals surface area contributed by atoms with Gasteiger partial charge in [0.25, 0.3) is 0 Å². The second-order valence-corrected chi connectivity index (χ2v) is 7.56. The fraction of sp³-hybridized carbons (Fsp3) is 0.650. The second kappa shape index (κ2) is 8.48. The van der Waals surface area contributed by atoms with Crippen molar-refractivity contribution in [2.45, 2.75) is 38.3 Å². The number of piperidine rings is 1. The van der Waals surface area contributed by atoms with Crippen LogP contribution < -0.4 is 5.32 Å². The molecule has 1 atom stereocenters. The van der Waals surface area contributed by atoms with Crippen molar-refractivity contribution < 1.29 is 14.3 Å². The molecule has 6 nitrogen and oxygen atoms in total. The number of para-hydroxylation sites is 1. The zero-order valence-electron chi connectivity index (χ0n) is 15.3. The average molecular weight is 359 g/mol. The normalized spacial score (nSPS) is 25.8. The summed E-state index contributed by atoms with van der Waals surface area (Å²) in [5, 5.41) is 3.35. The lowest BCUT2D eigenvalue weighted by atomic mass is 9.93. The number of likely N-dealkylation sites (tertiary alicyclic amines) is 1. The summed E-state index contributed by atoms with van der Waals surface area (Å²) in [7, 11) is 0. The maximum absolute atomic E-state index is 11.5. The minimum Gasteiger partial charge on any atom is -0.363 e. The number of aldehydes is 1. The highest BCUT2D eigenvalue weighted by Gasteiger charge is 2.27. The van der Waals surface area contributed by atoms with Crippen LogP contribution in [0.1, 0.15) is 24.8 Å². The minimum atomic E-state index is -0.207. The minimum absolute atomic E-state index is 0.0283. The van der Waals surface area contributed by atoms with E-state index in [4.69, 9.17) is 9.47 Å². The van der Waals surface area contributed by atoms with Crippen LogP contribution >= 0.6 is 0 Å². The van der Waals surface area contributed by atoms with E-state index in [1.54, 1.807) is 0 Å². The lowest BCUT2D eigenvalue weighted by Gasteiger charge is -2.37. The van der Waals surface area contributed by atoms with Gasteiger partial charge in [0.2, 0.25) is 0 Å². The number of fused-ring (bicyclic) bond motifs is 1. The van der Waals surface area contributed by atoms with E-state index in [9.17, 15) is 4.79 Å². The SMILES string of the molecule is O=CC1Nc2ccccc2CN1CCC1CCN(CC2OCCO2)CC1. The van der Waals surface area contributed by atoms with Crippen molar-refractivity contribution in [3.05, 3.63) is 29.8 Å². The molecule has 0 saturated carbocycles. The van der Waals surface area contributed by atoms with Gasteiger partial charge in [-0.1, -0.05) is 18.2 Å². The van der Waals surface area contributed by atoms with E-state index in [1.807, 2.05) is 6.07 Å². The maximum Gasteiger partial charge on any atom is 0.170 e. The van der Waals surface area contributed by atoms with Crippen molar-refractivity contribution in [1.82, 2.24) is 9.80 Å². The Kier molecular flexibility index (Phi) is 5.84. The molecule has 3 aliphatic heterocycles. The first-order chi connectivity index (χ1) is 12.8. The Morgan fingerprint density at radius 1 is 1.15 bits per heavy atom. The second-order valence-electron chi connectivity index (χ2n) is 7.56. The molecule has 2 fully saturated rings. The van der Waals surface area contributed by atoms with Crippen LogP contribution in [-0.2, 0) is 20.8 Å². The van der Waals surface area contributed by atoms with Gasteiger partial charge in [0.15, 0.2) is 12.6 Å². The van der Waals surface area contributed by atoms with E-state index in [2.05, 4.69) is 33.3 Å². The molecular weight excluding hydrogens is 330 g/mol. The first-order valence-electron chi connectivity index (χ1n) is 9.81. The van der Waals surface area contributed by atoms with Crippen molar-refractivity contribution >= 4 is 12.0 Å². The Labute approximate surface area is 155 Å². The number of carbonyl (C=O) groups excluding carboxylic acids is 1. The number of rotatable bonds is 6. The molecule has 1 aromatic rings. The molecule has 1 aromatic carbocycles. The first kappa shape index (κ1) is 17.9. The van der Waals surface area contributed by atoms with Gasteiger partial charge in [-0.15, -0.1) is 0 Å². The number of hydrogen-bond acceptors (Lipinski definition) is 6. The van der Waals surface area contributed by atoms with Crippen molar-refractivity contribution in [1.29, 1.82) is 0 Å². The van der Waals surface area contributed by atoms with Crippen LogP contribution in [0, 0.1) is 5.92 Å². The van der Waals surface area contributed by atoms with Crippen LogP contribution in [0.25, 0.3) is 0 Å². The van der Waals surface area contributed by atoms with E-state index in [0.29, 0.717) is 0 Å². The van der Waals surface area contributed by atoms with Gasteiger partial charge in [0.05, 0.1) is 13.2 Å². The van der Waals surface area contributed by atoms with Crippen LogP contribution in [0.3, 0.4) is 0 Å². The fourth-order valence-electron chi connectivity index (χ4n) is 4.23. The Hall–Kier alpha value is -1.47. The highest BCUT2D eigenvalue weighted by atomic mass is 16.7. The molecule has 0 aliphatic carbocycles. The average Bonchev–Trinajstić information content (AvgIpc) is 3.19. The van der Waals surface area contributed by atoms with Gasteiger partial charge in [0.1, 0.15) is 6.17 Å². The van der Waals surface area contributed by atoms with Crippen molar-refractivity contribution in [2.75, 3.05) is 44.7 Å². The Balaban J connectivity index is 1.23. The standard InChI is InChI=1S/C20H29N3O3/c24-15-19-21-18-4-2-1-3-17(18)13-23(19)10-7-16-5-8-22(9-6-16)14-20-25-11-12-26-20/h1-4,15-16,19-21H,5-14H2. The third kappa shape index (κ3) is 4.26. The number of nitrogens with zero attached hydrogens (tertiary/aromatic N) is 2. The summed E-state index contributed by atoms with van der Waals surface area (Å²) in [6, 6.07) is 8.27. The first-order valence-corrected chi connectivity index (χ1v) is 9.81. The third-order valence-corrected chi connectivity index (χ3v) is 5.85. The van der Waals surface area contributed by atoms with Crippen LogP contribution in [0.15, 0.2) is 24.3 Å². The number of anilines is 1. The predicted molar refractivity (Wildman–Crippen MR) is 99.8 cm³/mol. The molecule has 26 heavy (non-hydrogen) atoms. The molecule has 6 heteroatoms. The van der Waals surface area contributed by atoms with Crippen LogP contribution in [0.4, 0.5) is 5.69 Å². The summed E-state index contributed by atoms with van der Waals surface area (Å²) in [6.07, 6.45) is 4.38. The van der Waals surface area contributed by atoms with Gasteiger partial charge in [0, 0.05) is 25.3 Å². The summed E-state index contributed by atoms with van der Waals surface area (Å²) in [6.45, 7) is 6.40. The van der Waals surface area contributed by atoms with Gasteiger partial charge in [-0.3, -0.25) is 14.6 Å². The van der Waals surface area contributed by atoms with Gasteiger partial charge in [-0.05, 0) is 49.9 Å². The topological polar surface area (TPSA) is 54.0 Å². The molecule has 1 unspecified atom stereocenters. The zero-order chi connectivity index (χ0) is 17.8. The molecule has 3 heterocycles. The van der Waals surface area contributed by atoms with Gasteiger partial charge >= 0.3 is 0 Å². The molecule has 2 saturated heterocycles. The number of carbonyl (C=O) groups is 1. The van der Waals surface area contributed by atoms with Gasteiger partial charge in [-0.25, -0.2) is 0 Å². The van der Waals surface area contributed by atoms with Gasteiger partial charge < -0.3 is 14.8 Å². The van der Waals surface area contributed by atoms with Crippen molar-refractivity contribution in [3.63, 3.8) is 0 Å². The summed E-state index contributed by atoms with van der Waals surface area (Å²) in [5.74, 6) is 0.737. The van der Waals surface area contributed by atoms with E-state index in [-0.39, 0.29) is 12.5 Å². The van der Waals surface area contributed by atoms with E-state index in [1.165, 1.54) is 18.4 Å². The highest BCUT2D eigenvalue weighted by Crippen LogP contribution is 2.27. The molecule has 4 rings (SSSR count). The highest BCUT2D eigenvalue weighted by molar-refractivity contribution is 5.67. The van der Waals surface area contributed by atoms with E-state index >= 15 is 0 Å². The zero-order valence-corrected chi connectivity index (χ0v) is 15.3. The molecule has 0 radical (unpaired) electrons. The molecular formula is C20H29N3O3. The van der Waals surface area contributed by atoms with Crippen LogP contribution in [-0.4, -0.2) is 67.9 Å². The monoisotopic (exact) mass is 359 g/mol. The fourth-order valence-corrected chi connectivity index (χ4v) is 4.23. The quantitative estimate of drug-likeness (QED) is 0.783. The molecule has 1 N–H and O–H groups in total. The molecule has 0 amide bonds. The van der Waals surface area contributed by atoms with Gasteiger partial charge in [-0.2, -0.15) is 0 Å². The summed E-state index contributed by atoms with van der Waals surface area (Å²) in [5.41, 5.74) is 2.36. The molecule has 142 valence electrons. The van der Waals surface area contributed by atoms with E-state index in [0.717, 1.165) is 70.2 Å². The number of hydrogen-bond donors (Lipinski definition) is 1. The van der Waals surface area contributed by atoms with Crippen LogP contribution in [0.5, 0.6) is 0 Å². The smallest absolute Gasteiger partial charge is 0.170 e. The predicted octanol–water partition coefficient (Wildman–Crippen LogP) is 1.91. The Morgan fingerprint density at radius 3 is 2.69 bits per heavy atom. The molecule has 3 aliphatic rings. The largest absolute Gasteiger partial charge is 0.363 e. The molecule has 0 bridgehead atoms. The summed E-state index contributed by atoms with van der Waals surface area (Å²) < 4.78 is 11.1. The maximum atomic E-state index is 11.5. The molecule has 0 aromatic heterocycles. The number of ether oxygens (including phenoxy) is 2. The van der Waals surface area contributed by atoms with Crippen molar-refractivity contribution in [3.8, 4) is 0 Å². The number of nitrogens with one attached hydrogen (secondary N) is 1. The summed E-state index contributed by atoms with van der Waals surface area (Å²) >= 11 is 0. The van der Waals surface area contributed by atoms with Crippen molar-refractivity contribution in [2.24, 2.45) is 5.92 Å². The Bertz CT molecular complexity index is 598. The van der Waals surface area contributed by atoms with Crippen LogP contribution in [0.2, 0.25) is 0 Å². The lowest BCUT2D eigenvalue weighted by Crippen LogP contribution is -2.46.